The number of rotatable bonds is 13. The lowest BCUT2D eigenvalue weighted by molar-refractivity contribution is 0.545. The van der Waals surface area contributed by atoms with Crippen molar-refractivity contribution in [1.29, 1.82) is 0 Å². The number of unbranched alkanes of at least 4 members (excludes halogenated alkanes) is 12. The Balaban J connectivity index is 2.89. The highest BCUT2D eigenvalue weighted by molar-refractivity contribution is 4.76. The first-order valence-corrected chi connectivity index (χ1v) is 8.03. The van der Waals surface area contributed by atoms with Crippen molar-refractivity contribution in [2.24, 2.45) is 0 Å². The Morgan fingerprint density at radius 1 is 0.588 bits per heavy atom. The lowest BCUT2D eigenvalue weighted by Crippen LogP contribution is -1.82. The second-order valence-corrected chi connectivity index (χ2v) is 5.25. The summed E-state index contributed by atoms with van der Waals surface area (Å²) in [6, 6.07) is 0. The SMILES string of the molecule is CCCCCCCCCCCCCC/C=C\[13CH3]. The third kappa shape index (κ3) is 15.7. The molecule has 0 spiro atoms. The molecule has 17 heavy (non-hydrogen) atoms. The summed E-state index contributed by atoms with van der Waals surface area (Å²) in [5.74, 6) is 0. The molecule has 0 atom stereocenters. The molecule has 0 aliphatic rings. The molecule has 0 aromatic heterocycles. The summed E-state index contributed by atoms with van der Waals surface area (Å²) in [7, 11) is 0. The summed E-state index contributed by atoms with van der Waals surface area (Å²) in [4.78, 5) is 0. The van der Waals surface area contributed by atoms with Crippen molar-refractivity contribution < 1.29 is 0 Å². The van der Waals surface area contributed by atoms with Gasteiger partial charge in [-0.25, -0.2) is 0 Å². The van der Waals surface area contributed by atoms with Crippen molar-refractivity contribution in [3.05, 3.63) is 12.2 Å². The van der Waals surface area contributed by atoms with E-state index < -0.39 is 0 Å². The van der Waals surface area contributed by atoms with Crippen LogP contribution in [0.1, 0.15) is 97.3 Å². The van der Waals surface area contributed by atoms with Gasteiger partial charge in [0.05, 0.1) is 0 Å². The van der Waals surface area contributed by atoms with Gasteiger partial charge in [-0.05, 0) is 19.8 Å². The van der Waals surface area contributed by atoms with Gasteiger partial charge in [0.15, 0.2) is 0 Å². The first kappa shape index (κ1) is 16.7. The summed E-state index contributed by atoms with van der Waals surface area (Å²) < 4.78 is 0. The van der Waals surface area contributed by atoms with Gasteiger partial charge in [0.25, 0.3) is 0 Å². The Kier molecular flexibility index (Phi) is 15.5. The van der Waals surface area contributed by atoms with E-state index in [1.165, 1.54) is 83.5 Å². The third-order valence-electron chi connectivity index (χ3n) is 3.46. The molecule has 0 N–H and O–H groups in total. The Morgan fingerprint density at radius 2 is 1.00 bits per heavy atom. The van der Waals surface area contributed by atoms with E-state index in [9.17, 15) is 0 Å². The summed E-state index contributed by atoms with van der Waals surface area (Å²) >= 11 is 0. The average molecular weight is 239 g/mol. The van der Waals surface area contributed by atoms with Crippen LogP contribution >= 0.6 is 0 Å². The fraction of sp³-hybridized carbons (Fsp3) is 0.882. The largest absolute Gasteiger partial charge is 0.0917 e. The summed E-state index contributed by atoms with van der Waals surface area (Å²) in [5.41, 5.74) is 0. The van der Waals surface area contributed by atoms with E-state index in [2.05, 4.69) is 26.0 Å². The molecule has 0 heteroatoms. The molecule has 0 aliphatic carbocycles. The molecule has 0 fully saturated rings. The monoisotopic (exact) mass is 239 g/mol. The van der Waals surface area contributed by atoms with Crippen LogP contribution in [0.4, 0.5) is 0 Å². The molecule has 0 saturated carbocycles. The highest BCUT2D eigenvalue weighted by Crippen LogP contribution is 2.12. The van der Waals surface area contributed by atoms with E-state index in [1.807, 2.05) is 0 Å². The second-order valence-electron chi connectivity index (χ2n) is 5.25. The van der Waals surface area contributed by atoms with Crippen LogP contribution in [0.5, 0.6) is 0 Å². The van der Waals surface area contributed by atoms with Crippen LogP contribution < -0.4 is 0 Å². The van der Waals surface area contributed by atoms with Gasteiger partial charge in [0, 0.05) is 0 Å². The Labute approximate surface area is 110 Å². The van der Waals surface area contributed by atoms with Crippen LogP contribution in [0.15, 0.2) is 12.2 Å². The minimum atomic E-state index is 1.29. The topological polar surface area (TPSA) is 0 Å². The minimum absolute atomic E-state index is 1.29. The van der Waals surface area contributed by atoms with Crippen LogP contribution in [0.2, 0.25) is 0 Å². The molecule has 0 amide bonds. The molecule has 0 unspecified atom stereocenters. The third-order valence-corrected chi connectivity index (χ3v) is 3.46. The lowest BCUT2D eigenvalue weighted by atomic mass is 10.0. The van der Waals surface area contributed by atoms with Gasteiger partial charge in [-0.15, -0.1) is 0 Å². The van der Waals surface area contributed by atoms with E-state index in [0.29, 0.717) is 0 Å². The van der Waals surface area contributed by atoms with E-state index in [0.717, 1.165) is 0 Å². The van der Waals surface area contributed by atoms with E-state index in [4.69, 9.17) is 0 Å². The van der Waals surface area contributed by atoms with Crippen LogP contribution in [0.3, 0.4) is 0 Å². The number of allylic oxidation sites excluding steroid dienone is 2. The molecule has 0 bridgehead atoms. The van der Waals surface area contributed by atoms with E-state index in [1.54, 1.807) is 0 Å². The minimum Gasteiger partial charge on any atom is -0.0917 e. The Bertz CT molecular complexity index is 146. The maximum Gasteiger partial charge on any atom is -0.0351 e. The summed E-state index contributed by atoms with van der Waals surface area (Å²) in [6.07, 6.45) is 23.1. The average Bonchev–Trinajstić information content (AvgIpc) is 2.35. The molecular weight excluding hydrogens is 205 g/mol. The Hall–Kier alpha value is -0.260. The molecule has 0 saturated heterocycles. The first-order chi connectivity index (χ1) is 8.41. The molecule has 102 valence electrons. The fourth-order valence-electron chi connectivity index (χ4n) is 2.27. The molecule has 0 radical (unpaired) electrons. The fourth-order valence-corrected chi connectivity index (χ4v) is 2.27. The zero-order chi connectivity index (χ0) is 12.6. The predicted molar refractivity (Wildman–Crippen MR) is 80.5 cm³/mol. The predicted octanol–water partition coefficient (Wildman–Crippen LogP) is 6.65. The number of hydrogen-bond donors (Lipinski definition) is 0. The summed E-state index contributed by atoms with van der Waals surface area (Å²) in [6.45, 7) is 4.40. The standard InChI is InChI=1S/C17H34/c1-3-5-7-9-11-13-15-17-16-14-12-10-8-6-4-2/h3,5H,4,6-17H2,1-2H3/b5-3-/i1+1. The van der Waals surface area contributed by atoms with Gasteiger partial charge in [-0.3, -0.25) is 0 Å². The highest BCUT2D eigenvalue weighted by atomic mass is 14.0. The van der Waals surface area contributed by atoms with Crippen molar-refractivity contribution in [2.75, 3.05) is 0 Å². The maximum atomic E-state index is 2.29. The van der Waals surface area contributed by atoms with Gasteiger partial charge >= 0.3 is 0 Å². The van der Waals surface area contributed by atoms with Crippen LogP contribution in [0, 0.1) is 0 Å². The molecule has 0 aromatic carbocycles. The molecule has 0 aromatic rings. The van der Waals surface area contributed by atoms with Crippen molar-refractivity contribution in [3.8, 4) is 0 Å². The van der Waals surface area contributed by atoms with Crippen molar-refractivity contribution in [3.63, 3.8) is 0 Å². The van der Waals surface area contributed by atoms with Gasteiger partial charge in [-0.1, -0.05) is 89.7 Å². The normalized spacial score (nSPS) is 11.4. The van der Waals surface area contributed by atoms with Crippen LogP contribution in [-0.4, -0.2) is 0 Å². The zero-order valence-corrected chi connectivity index (χ0v) is 12.3. The zero-order valence-electron chi connectivity index (χ0n) is 12.3. The Morgan fingerprint density at radius 3 is 1.41 bits per heavy atom. The van der Waals surface area contributed by atoms with Gasteiger partial charge in [0.1, 0.15) is 0 Å². The van der Waals surface area contributed by atoms with Crippen molar-refractivity contribution in [1.82, 2.24) is 0 Å². The van der Waals surface area contributed by atoms with E-state index >= 15 is 0 Å². The van der Waals surface area contributed by atoms with Crippen molar-refractivity contribution >= 4 is 0 Å². The molecule has 0 aliphatic heterocycles. The van der Waals surface area contributed by atoms with E-state index in [-0.39, 0.29) is 0 Å². The van der Waals surface area contributed by atoms with Gasteiger partial charge in [-0.2, -0.15) is 0 Å². The highest BCUT2D eigenvalue weighted by Gasteiger charge is 1.92. The van der Waals surface area contributed by atoms with Gasteiger partial charge in [0.2, 0.25) is 0 Å². The maximum absolute atomic E-state index is 2.29. The molecule has 0 heterocycles. The van der Waals surface area contributed by atoms with Crippen LogP contribution in [-0.2, 0) is 0 Å². The molecular formula is C17H34. The number of hydrogen-bond acceptors (Lipinski definition) is 0. The summed E-state index contributed by atoms with van der Waals surface area (Å²) in [5, 5.41) is 0. The van der Waals surface area contributed by atoms with Gasteiger partial charge < -0.3 is 0 Å². The smallest absolute Gasteiger partial charge is 0.0351 e. The molecule has 0 rings (SSSR count). The molecule has 0 nitrogen and oxygen atoms in total. The first-order valence-electron chi connectivity index (χ1n) is 8.03. The van der Waals surface area contributed by atoms with Crippen molar-refractivity contribution in [2.45, 2.75) is 97.3 Å². The quantitative estimate of drug-likeness (QED) is 0.192. The second kappa shape index (κ2) is 15.7. The van der Waals surface area contributed by atoms with Crippen LogP contribution in [0.25, 0.3) is 0 Å². The lowest BCUT2D eigenvalue weighted by Gasteiger charge is -2.02.